The zero-order chi connectivity index (χ0) is 18.8. The van der Waals surface area contributed by atoms with Gasteiger partial charge in [0.05, 0.1) is 34.2 Å². The maximum Gasteiger partial charge on any atom is 0.233 e. The Kier molecular flexibility index (Phi) is 5.88. The van der Waals surface area contributed by atoms with Gasteiger partial charge in [0.25, 0.3) is 0 Å². The molecular formula is C14H18B3BrN6O. The number of hydrogen-bond donors (Lipinski definition) is 3. The zero-order valence-electron chi connectivity index (χ0n) is 14.2. The van der Waals surface area contributed by atoms with E-state index in [1.165, 1.54) is 6.08 Å². The molecule has 25 heavy (non-hydrogen) atoms. The molecular weight excluding hydrogens is 381 g/mol. The van der Waals surface area contributed by atoms with Gasteiger partial charge in [-0.1, -0.05) is 0 Å². The number of nitrogens with two attached hydrogens (primary N) is 2. The van der Waals surface area contributed by atoms with E-state index in [2.05, 4.69) is 36.2 Å². The maximum atomic E-state index is 5.97. The number of anilines is 1. The lowest BCUT2D eigenvalue weighted by Gasteiger charge is -2.21. The third-order valence-electron chi connectivity index (χ3n) is 3.10. The second-order valence-corrected chi connectivity index (χ2v) is 7.35. The average Bonchev–Trinajstić information content (AvgIpc) is 3.23. The van der Waals surface area contributed by atoms with Crippen molar-refractivity contribution < 1.29 is 4.74 Å². The van der Waals surface area contributed by atoms with Gasteiger partial charge in [-0.3, -0.25) is 4.99 Å². The topological polar surface area (TPSA) is 111 Å². The van der Waals surface area contributed by atoms with Gasteiger partial charge in [-0.2, -0.15) is 4.98 Å². The summed E-state index contributed by atoms with van der Waals surface area (Å²) in [7, 11) is 16.7. The fraction of sp³-hybridized carbons (Fsp3) is 0.500. The van der Waals surface area contributed by atoms with Gasteiger partial charge in [0.2, 0.25) is 11.8 Å². The highest BCUT2D eigenvalue weighted by atomic mass is 79.9. The number of ether oxygens (including phenoxy) is 1. The van der Waals surface area contributed by atoms with Crippen LogP contribution >= 0.6 is 15.9 Å². The van der Waals surface area contributed by atoms with Crippen molar-refractivity contribution in [3.05, 3.63) is 22.4 Å². The molecule has 5 N–H and O–H groups in total. The number of aromatic nitrogens is 2. The first-order chi connectivity index (χ1) is 11.4. The standard InChI is InChI=1S/C14H18B3BrN6O/c1-13(2,20)9(19)5-10(24-14(15,16)17)22-12-21-6-8(18)11(23-12)25-7-3-4-7/h5-7H,3-4,19-20H2,1-2H3,(H,21,22,23,24). The molecule has 1 aromatic heterocycles. The van der Waals surface area contributed by atoms with E-state index in [0.717, 1.165) is 12.8 Å². The van der Waals surface area contributed by atoms with Gasteiger partial charge in [-0.15, -0.1) is 0 Å². The van der Waals surface area contributed by atoms with Crippen LogP contribution in [0.5, 0.6) is 5.88 Å². The summed E-state index contributed by atoms with van der Waals surface area (Å²) in [5.74, 6) is 0.818. The van der Waals surface area contributed by atoms with Crippen molar-refractivity contribution in [2.75, 3.05) is 5.32 Å². The molecule has 1 fully saturated rings. The number of amidine groups is 1. The minimum Gasteiger partial charge on any atom is -0.473 e. The van der Waals surface area contributed by atoms with E-state index in [1.54, 1.807) is 20.0 Å². The summed E-state index contributed by atoms with van der Waals surface area (Å²) in [5.41, 5.74) is 11.5. The first kappa shape index (κ1) is 19.8. The number of hydrogen-bond acceptors (Lipinski definition) is 6. The molecule has 1 heterocycles. The quantitative estimate of drug-likeness (QED) is 0.361. The van der Waals surface area contributed by atoms with E-state index >= 15 is 0 Å². The van der Waals surface area contributed by atoms with Crippen LogP contribution < -0.4 is 21.5 Å². The van der Waals surface area contributed by atoms with Crippen LogP contribution in [0.15, 0.2) is 27.4 Å². The Morgan fingerprint density at radius 2 is 2.08 bits per heavy atom. The Hall–Kier alpha value is -1.48. The summed E-state index contributed by atoms with van der Waals surface area (Å²) in [6, 6.07) is 0. The second-order valence-electron chi connectivity index (χ2n) is 6.49. The molecule has 11 heteroatoms. The summed E-state index contributed by atoms with van der Waals surface area (Å²) in [5, 5.41) is 1.07. The van der Waals surface area contributed by atoms with Crippen LogP contribution in [0.3, 0.4) is 0 Å². The lowest BCUT2D eigenvalue weighted by molar-refractivity contribution is 0.289. The van der Waals surface area contributed by atoms with E-state index in [-0.39, 0.29) is 17.9 Å². The predicted molar refractivity (Wildman–Crippen MR) is 105 cm³/mol. The van der Waals surface area contributed by atoms with Gasteiger partial charge in [0, 0.05) is 17.3 Å². The van der Waals surface area contributed by atoms with E-state index in [1.807, 2.05) is 0 Å². The SMILES string of the molecule is [B]C([B])([B])N=C(C=C(N)C(C)(C)N)Nc1ncc(Br)c(OC2CC2)n1. The van der Waals surface area contributed by atoms with Gasteiger partial charge >= 0.3 is 0 Å². The molecule has 2 rings (SSSR count). The van der Waals surface area contributed by atoms with Gasteiger partial charge in [0.1, 0.15) is 11.9 Å². The van der Waals surface area contributed by atoms with Crippen molar-refractivity contribution in [1.82, 2.24) is 9.97 Å². The van der Waals surface area contributed by atoms with Crippen molar-refractivity contribution in [1.29, 1.82) is 0 Å². The molecule has 6 radical (unpaired) electrons. The van der Waals surface area contributed by atoms with Crippen molar-refractivity contribution in [2.24, 2.45) is 16.5 Å². The molecule has 1 saturated carbocycles. The normalized spacial score (nSPS) is 16.6. The van der Waals surface area contributed by atoms with Crippen LogP contribution in [0.4, 0.5) is 5.95 Å². The molecule has 0 atom stereocenters. The van der Waals surface area contributed by atoms with E-state index in [4.69, 9.17) is 39.7 Å². The Bertz CT molecular complexity index is 695. The zero-order valence-corrected chi connectivity index (χ0v) is 15.7. The third kappa shape index (κ3) is 6.74. The number of aliphatic imine (C=N–C) groups is 1. The van der Waals surface area contributed by atoms with Gasteiger partial charge in [-0.25, -0.2) is 4.98 Å². The molecule has 0 unspecified atom stereocenters. The van der Waals surface area contributed by atoms with Crippen LogP contribution in [-0.2, 0) is 0 Å². The number of nitrogens with zero attached hydrogens (tertiary/aromatic N) is 3. The number of halogens is 1. The van der Waals surface area contributed by atoms with E-state index < -0.39 is 10.8 Å². The third-order valence-corrected chi connectivity index (χ3v) is 3.65. The molecule has 1 aliphatic carbocycles. The van der Waals surface area contributed by atoms with Crippen molar-refractivity contribution in [3.8, 4) is 5.88 Å². The summed E-state index contributed by atoms with van der Waals surface area (Å²) >= 11 is 3.35. The lowest BCUT2D eigenvalue weighted by Crippen LogP contribution is -2.39. The van der Waals surface area contributed by atoms with Gasteiger partial charge < -0.3 is 21.5 Å². The van der Waals surface area contributed by atoms with Crippen molar-refractivity contribution in [2.45, 2.75) is 43.6 Å². The molecule has 0 saturated heterocycles. The number of nitrogens with one attached hydrogen (secondary N) is 1. The largest absolute Gasteiger partial charge is 0.473 e. The Labute approximate surface area is 159 Å². The first-order valence-corrected chi connectivity index (χ1v) is 8.42. The fourth-order valence-electron chi connectivity index (χ4n) is 1.59. The minimum atomic E-state index is -1.80. The van der Waals surface area contributed by atoms with Crippen LogP contribution in [0, 0.1) is 0 Å². The first-order valence-electron chi connectivity index (χ1n) is 7.63. The van der Waals surface area contributed by atoms with Gasteiger partial charge in [0.15, 0.2) is 0 Å². The van der Waals surface area contributed by atoms with Crippen LogP contribution in [-0.4, -0.2) is 56.2 Å². The van der Waals surface area contributed by atoms with E-state index in [9.17, 15) is 0 Å². The van der Waals surface area contributed by atoms with Crippen LogP contribution in [0.1, 0.15) is 26.7 Å². The second kappa shape index (κ2) is 7.41. The summed E-state index contributed by atoms with van der Waals surface area (Å²) in [6.07, 6.45) is 5.24. The monoisotopic (exact) mass is 398 g/mol. The van der Waals surface area contributed by atoms with Crippen LogP contribution in [0.25, 0.3) is 0 Å². The smallest absolute Gasteiger partial charge is 0.233 e. The molecule has 0 spiro atoms. The summed E-state index contributed by atoms with van der Waals surface area (Å²) < 4.78 is 6.35. The molecule has 1 aromatic rings. The molecule has 0 bridgehead atoms. The molecule has 0 aliphatic heterocycles. The predicted octanol–water partition coefficient (Wildman–Crippen LogP) is 0.287. The van der Waals surface area contributed by atoms with Gasteiger partial charge in [-0.05, 0) is 47.9 Å². The highest BCUT2D eigenvalue weighted by molar-refractivity contribution is 9.10. The number of rotatable bonds is 6. The average molecular weight is 399 g/mol. The molecule has 1 aliphatic rings. The highest BCUT2D eigenvalue weighted by Gasteiger charge is 2.25. The van der Waals surface area contributed by atoms with Crippen molar-refractivity contribution >= 4 is 51.3 Å². The van der Waals surface area contributed by atoms with Crippen molar-refractivity contribution in [3.63, 3.8) is 0 Å². The Morgan fingerprint density at radius 3 is 2.60 bits per heavy atom. The lowest BCUT2D eigenvalue weighted by atomic mass is 9.50. The maximum absolute atomic E-state index is 5.97. The fourth-order valence-corrected chi connectivity index (χ4v) is 1.88. The Balaban J connectivity index is 2.29. The minimum absolute atomic E-state index is 0.170. The highest BCUT2D eigenvalue weighted by Crippen LogP contribution is 2.30. The molecule has 7 nitrogen and oxygen atoms in total. The summed E-state index contributed by atoms with van der Waals surface area (Å²) in [4.78, 5) is 12.4. The molecule has 0 amide bonds. The summed E-state index contributed by atoms with van der Waals surface area (Å²) in [6.45, 7) is 3.49. The Morgan fingerprint density at radius 1 is 1.44 bits per heavy atom. The van der Waals surface area contributed by atoms with E-state index in [0.29, 0.717) is 16.0 Å². The van der Waals surface area contributed by atoms with Crippen LogP contribution in [0.2, 0.25) is 0 Å². The molecule has 0 aromatic carbocycles. The molecule has 126 valence electrons.